The normalized spacial score (nSPS) is 13.6. The fourth-order valence-corrected chi connectivity index (χ4v) is 1.80. The van der Waals surface area contributed by atoms with Crippen molar-refractivity contribution >= 4 is 5.91 Å². The van der Waals surface area contributed by atoms with Crippen LogP contribution in [0.5, 0.6) is 5.75 Å². The van der Waals surface area contributed by atoms with Gasteiger partial charge in [0, 0.05) is 20.8 Å². The molecule has 1 aromatic carbocycles. The van der Waals surface area contributed by atoms with Gasteiger partial charge in [-0.15, -0.1) is 0 Å². The second-order valence-electron chi connectivity index (χ2n) is 4.89. The number of methoxy groups -OCH3 is 3. The number of hydrogen-bond acceptors (Lipinski definition) is 4. The Morgan fingerprint density at radius 1 is 1.30 bits per heavy atom. The first-order valence-corrected chi connectivity index (χ1v) is 6.46. The largest absolute Gasteiger partial charge is 0.497 e. The van der Waals surface area contributed by atoms with E-state index in [4.69, 9.17) is 14.2 Å². The standard InChI is InChI=1S/C15H23NO4/c1-15(20-4,11-18-2)10-16-14(17)9-12-6-5-7-13(8-12)19-3/h5-8H,9-11H2,1-4H3,(H,16,17)/t15-/m1/s1. The van der Waals surface area contributed by atoms with Crippen molar-refractivity contribution in [3.63, 3.8) is 0 Å². The quantitative estimate of drug-likeness (QED) is 0.782. The van der Waals surface area contributed by atoms with Crippen molar-refractivity contribution in [1.82, 2.24) is 5.32 Å². The minimum atomic E-state index is -0.515. The van der Waals surface area contributed by atoms with Crippen LogP contribution in [-0.4, -0.2) is 46.0 Å². The van der Waals surface area contributed by atoms with Gasteiger partial charge < -0.3 is 19.5 Å². The minimum absolute atomic E-state index is 0.0577. The molecule has 0 radical (unpaired) electrons. The molecule has 1 aromatic rings. The van der Waals surface area contributed by atoms with E-state index >= 15 is 0 Å². The lowest BCUT2D eigenvalue weighted by molar-refractivity contribution is -0.122. The molecule has 0 unspecified atom stereocenters. The second-order valence-corrected chi connectivity index (χ2v) is 4.89. The molecule has 0 heterocycles. The average molecular weight is 281 g/mol. The molecule has 0 saturated carbocycles. The van der Waals surface area contributed by atoms with Crippen LogP contribution in [0.15, 0.2) is 24.3 Å². The van der Waals surface area contributed by atoms with Crippen molar-refractivity contribution in [2.24, 2.45) is 0 Å². The summed E-state index contributed by atoms with van der Waals surface area (Å²) in [6.07, 6.45) is 0.310. The van der Waals surface area contributed by atoms with Gasteiger partial charge in [0.2, 0.25) is 5.91 Å². The zero-order valence-electron chi connectivity index (χ0n) is 12.6. The Morgan fingerprint density at radius 2 is 2.05 bits per heavy atom. The van der Waals surface area contributed by atoms with Crippen molar-refractivity contribution < 1.29 is 19.0 Å². The molecule has 5 nitrogen and oxygen atoms in total. The molecule has 0 saturated heterocycles. The van der Waals surface area contributed by atoms with Gasteiger partial charge in [-0.2, -0.15) is 0 Å². The van der Waals surface area contributed by atoms with Crippen molar-refractivity contribution in [2.75, 3.05) is 34.5 Å². The molecule has 1 atom stereocenters. The summed E-state index contributed by atoms with van der Waals surface area (Å²) in [5.41, 5.74) is 0.395. The van der Waals surface area contributed by atoms with E-state index < -0.39 is 5.60 Å². The van der Waals surface area contributed by atoms with E-state index in [1.54, 1.807) is 21.3 Å². The van der Waals surface area contributed by atoms with Gasteiger partial charge >= 0.3 is 0 Å². The second kappa shape index (κ2) is 7.87. The molecule has 0 bridgehead atoms. The molecule has 0 spiro atoms. The number of ether oxygens (including phenoxy) is 3. The van der Waals surface area contributed by atoms with E-state index in [1.165, 1.54) is 0 Å². The van der Waals surface area contributed by atoms with Gasteiger partial charge in [0.1, 0.15) is 11.4 Å². The summed E-state index contributed by atoms with van der Waals surface area (Å²) in [5, 5.41) is 2.86. The van der Waals surface area contributed by atoms with Gasteiger partial charge in [-0.3, -0.25) is 4.79 Å². The molecule has 0 aliphatic rings. The highest BCUT2D eigenvalue weighted by Gasteiger charge is 2.24. The fourth-order valence-electron chi connectivity index (χ4n) is 1.80. The van der Waals surface area contributed by atoms with E-state index in [1.807, 2.05) is 31.2 Å². The average Bonchev–Trinajstić information content (AvgIpc) is 2.46. The summed E-state index contributed by atoms with van der Waals surface area (Å²) in [6, 6.07) is 7.46. The maximum atomic E-state index is 11.9. The number of carbonyl (C=O) groups excluding carboxylic acids is 1. The molecule has 0 fully saturated rings. The number of amides is 1. The van der Waals surface area contributed by atoms with E-state index in [0.29, 0.717) is 19.6 Å². The van der Waals surface area contributed by atoms with Gasteiger partial charge in [0.05, 0.1) is 20.1 Å². The number of benzene rings is 1. The first-order chi connectivity index (χ1) is 9.53. The molecule has 0 aliphatic heterocycles. The van der Waals surface area contributed by atoms with Crippen LogP contribution in [-0.2, 0) is 20.7 Å². The van der Waals surface area contributed by atoms with Crippen molar-refractivity contribution in [3.8, 4) is 5.75 Å². The van der Waals surface area contributed by atoms with Gasteiger partial charge in [0.15, 0.2) is 0 Å². The third-order valence-electron chi connectivity index (χ3n) is 3.10. The summed E-state index contributed by atoms with van der Waals surface area (Å²) >= 11 is 0. The Morgan fingerprint density at radius 3 is 2.65 bits per heavy atom. The zero-order chi connectivity index (χ0) is 15.0. The number of carbonyl (C=O) groups is 1. The van der Waals surface area contributed by atoms with E-state index in [0.717, 1.165) is 11.3 Å². The molecular formula is C15H23NO4. The lowest BCUT2D eigenvalue weighted by Crippen LogP contribution is -2.45. The molecule has 1 N–H and O–H groups in total. The summed E-state index contributed by atoms with van der Waals surface area (Å²) in [5.74, 6) is 0.689. The minimum Gasteiger partial charge on any atom is -0.497 e. The molecule has 112 valence electrons. The zero-order valence-corrected chi connectivity index (χ0v) is 12.6. The van der Waals surface area contributed by atoms with Crippen LogP contribution in [0.25, 0.3) is 0 Å². The first kappa shape index (κ1) is 16.5. The van der Waals surface area contributed by atoms with Crippen LogP contribution in [0.1, 0.15) is 12.5 Å². The Hall–Kier alpha value is -1.59. The van der Waals surface area contributed by atoms with E-state index in [2.05, 4.69) is 5.32 Å². The van der Waals surface area contributed by atoms with Gasteiger partial charge in [-0.25, -0.2) is 0 Å². The smallest absolute Gasteiger partial charge is 0.224 e. The fraction of sp³-hybridized carbons (Fsp3) is 0.533. The Labute approximate surface area is 120 Å². The third kappa shape index (κ3) is 5.19. The molecule has 20 heavy (non-hydrogen) atoms. The van der Waals surface area contributed by atoms with Gasteiger partial charge in [-0.05, 0) is 24.6 Å². The van der Waals surface area contributed by atoms with Gasteiger partial charge in [0.25, 0.3) is 0 Å². The highest BCUT2D eigenvalue weighted by atomic mass is 16.5. The Kier molecular flexibility index (Phi) is 6.48. The van der Waals surface area contributed by atoms with Gasteiger partial charge in [-0.1, -0.05) is 12.1 Å². The molecule has 1 amide bonds. The predicted octanol–water partition coefficient (Wildman–Crippen LogP) is 1.41. The predicted molar refractivity (Wildman–Crippen MR) is 77.0 cm³/mol. The topological polar surface area (TPSA) is 56.8 Å². The lowest BCUT2D eigenvalue weighted by Gasteiger charge is -2.27. The number of nitrogens with one attached hydrogen (secondary N) is 1. The molecule has 5 heteroatoms. The molecule has 1 rings (SSSR count). The Balaban J connectivity index is 2.51. The maximum absolute atomic E-state index is 11.9. The molecular weight excluding hydrogens is 258 g/mol. The summed E-state index contributed by atoms with van der Waals surface area (Å²) in [6.45, 7) is 2.71. The molecule has 0 aromatic heterocycles. The maximum Gasteiger partial charge on any atom is 0.224 e. The Bertz CT molecular complexity index is 436. The van der Waals surface area contributed by atoms with Crippen molar-refractivity contribution in [1.29, 1.82) is 0 Å². The lowest BCUT2D eigenvalue weighted by atomic mass is 10.1. The van der Waals surface area contributed by atoms with Crippen LogP contribution < -0.4 is 10.1 Å². The summed E-state index contributed by atoms with van der Waals surface area (Å²) in [4.78, 5) is 11.9. The van der Waals surface area contributed by atoms with E-state index in [-0.39, 0.29) is 5.91 Å². The molecule has 0 aliphatic carbocycles. The number of rotatable bonds is 8. The number of hydrogen-bond donors (Lipinski definition) is 1. The van der Waals surface area contributed by atoms with E-state index in [9.17, 15) is 4.79 Å². The van der Waals surface area contributed by atoms with Crippen LogP contribution in [0, 0.1) is 0 Å². The summed E-state index contributed by atoms with van der Waals surface area (Å²) in [7, 11) is 4.82. The van der Waals surface area contributed by atoms with Crippen molar-refractivity contribution in [3.05, 3.63) is 29.8 Å². The monoisotopic (exact) mass is 281 g/mol. The first-order valence-electron chi connectivity index (χ1n) is 6.46. The highest BCUT2D eigenvalue weighted by Crippen LogP contribution is 2.13. The van der Waals surface area contributed by atoms with Crippen LogP contribution in [0.2, 0.25) is 0 Å². The SMILES string of the molecule is COC[C@@](C)(CNC(=O)Cc1cccc(OC)c1)OC. The van der Waals surface area contributed by atoms with Crippen molar-refractivity contribution in [2.45, 2.75) is 18.9 Å². The summed E-state index contributed by atoms with van der Waals surface area (Å²) < 4.78 is 15.6. The third-order valence-corrected chi connectivity index (χ3v) is 3.10. The van der Waals surface area contributed by atoms with Crippen LogP contribution in [0.4, 0.5) is 0 Å². The van der Waals surface area contributed by atoms with Crippen LogP contribution >= 0.6 is 0 Å². The van der Waals surface area contributed by atoms with Crippen LogP contribution in [0.3, 0.4) is 0 Å². The highest BCUT2D eigenvalue weighted by molar-refractivity contribution is 5.78.